The zero-order valence-corrected chi connectivity index (χ0v) is 21.7. The predicted molar refractivity (Wildman–Crippen MR) is 138 cm³/mol. The summed E-state index contributed by atoms with van der Waals surface area (Å²) in [6.07, 6.45) is 0. The average molecular weight is 580 g/mol. The quantitative estimate of drug-likeness (QED) is 0.181. The van der Waals surface area contributed by atoms with Crippen molar-refractivity contribution in [2.45, 2.75) is 28.5 Å². The Bertz CT molecular complexity index is 1210. The second kappa shape index (κ2) is 10.3. The van der Waals surface area contributed by atoms with Crippen LogP contribution in [0.3, 0.4) is 0 Å². The highest BCUT2D eigenvalue weighted by atomic mass is 79.9. The number of imidazole rings is 1. The minimum Gasteiger partial charge on any atom is -0.494 e. The lowest BCUT2D eigenvalue weighted by molar-refractivity contribution is -0.635. The van der Waals surface area contributed by atoms with Gasteiger partial charge in [-0.15, -0.1) is 0 Å². The van der Waals surface area contributed by atoms with Crippen molar-refractivity contribution in [2.75, 3.05) is 12.3 Å². The van der Waals surface area contributed by atoms with Gasteiger partial charge in [-0.2, -0.15) is 0 Å². The van der Waals surface area contributed by atoms with Gasteiger partial charge in [0.2, 0.25) is 0 Å². The number of rotatable bonds is 8. The molecule has 4 nitrogen and oxygen atoms in total. The van der Waals surface area contributed by atoms with Gasteiger partial charge in [0, 0.05) is 24.8 Å². The molecule has 0 fully saturated rings. The smallest absolute Gasteiger partial charge is 0.357 e. The normalized spacial score (nSPS) is 11.2. The standard InChI is InChI=1S/C23H21Br2N3OS2/c1-2-29-16-11-12-19-20(13-16)28(15-31-22-10-6-4-8-18(22)25)23(26)27(19)14-30-21-9-5-3-7-17(21)24/h3-13,26H,2,14-15H2,1H3/p+1. The highest BCUT2D eigenvalue weighted by Crippen LogP contribution is 2.32. The number of fused-ring (bicyclic) bond motifs is 1. The van der Waals surface area contributed by atoms with Gasteiger partial charge >= 0.3 is 5.95 Å². The van der Waals surface area contributed by atoms with Crippen LogP contribution in [0.5, 0.6) is 5.75 Å². The lowest BCUT2D eigenvalue weighted by atomic mass is 10.3. The van der Waals surface area contributed by atoms with Crippen LogP contribution in [0.1, 0.15) is 6.92 Å². The summed E-state index contributed by atoms with van der Waals surface area (Å²) in [4.78, 5) is 2.36. The molecule has 0 unspecified atom stereocenters. The number of nitrogen functional groups attached to an aromatic ring is 1. The second-order valence-electron chi connectivity index (χ2n) is 6.71. The van der Waals surface area contributed by atoms with E-state index in [1.165, 1.54) is 9.79 Å². The van der Waals surface area contributed by atoms with Crippen molar-refractivity contribution in [3.63, 3.8) is 0 Å². The Morgan fingerprint density at radius 2 is 1.58 bits per heavy atom. The fourth-order valence-electron chi connectivity index (χ4n) is 3.26. The molecule has 1 aromatic heterocycles. The van der Waals surface area contributed by atoms with Crippen LogP contribution in [0.25, 0.3) is 11.0 Å². The van der Waals surface area contributed by atoms with Crippen LogP contribution in [0, 0.1) is 0 Å². The number of hydrogen-bond donors (Lipinski definition) is 1. The summed E-state index contributed by atoms with van der Waals surface area (Å²) in [5.74, 6) is 2.99. The van der Waals surface area contributed by atoms with E-state index in [-0.39, 0.29) is 0 Å². The van der Waals surface area contributed by atoms with Crippen LogP contribution < -0.4 is 15.0 Å². The number of nitrogens with zero attached hydrogens (tertiary/aromatic N) is 2. The molecule has 0 spiro atoms. The van der Waals surface area contributed by atoms with E-state index in [9.17, 15) is 0 Å². The lowest BCUT2D eigenvalue weighted by Crippen LogP contribution is -2.35. The second-order valence-corrected chi connectivity index (χ2v) is 10.4. The maximum Gasteiger partial charge on any atom is 0.357 e. The molecule has 3 aromatic carbocycles. The molecule has 4 rings (SSSR count). The molecule has 8 heteroatoms. The molecule has 0 radical (unpaired) electrons. The number of hydrogen-bond acceptors (Lipinski definition) is 4. The molecule has 160 valence electrons. The molecule has 4 aromatic rings. The third kappa shape index (κ3) is 5.08. The van der Waals surface area contributed by atoms with E-state index in [0.717, 1.165) is 31.7 Å². The molecule has 0 aliphatic rings. The Balaban J connectivity index is 1.69. The van der Waals surface area contributed by atoms with E-state index < -0.39 is 0 Å². The van der Waals surface area contributed by atoms with Crippen LogP contribution in [-0.4, -0.2) is 11.2 Å². The van der Waals surface area contributed by atoms with Gasteiger partial charge in [0.25, 0.3) is 0 Å². The fourth-order valence-corrected chi connectivity index (χ4v) is 6.36. The maximum atomic E-state index is 6.68. The molecular weight excluding hydrogens is 558 g/mol. The molecule has 0 saturated carbocycles. The third-order valence-electron chi connectivity index (χ3n) is 4.76. The van der Waals surface area contributed by atoms with Crippen molar-refractivity contribution in [1.29, 1.82) is 0 Å². The zero-order valence-electron chi connectivity index (χ0n) is 16.9. The number of aromatic nitrogens is 2. The van der Waals surface area contributed by atoms with E-state index in [4.69, 9.17) is 10.5 Å². The molecule has 31 heavy (non-hydrogen) atoms. The first kappa shape index (κ1) is 22.6. The van der Waals surface area contributed by atoms with Gasteiger partial charge in [-0.05, 0) is 75.2 Å². The first-order valence-corrected chi connectivity index (χ1v) is 13.3. The minimum atomic E-state index is 0.630. The number of thioether (sulfide) groups is 2. The van der Waals surface area contributed by atoms with Crippen molar-refractivity contribution >= 4 is 72.4 Å². The van der Waals surface area contributed by atoms with Crippen molar-refractivity contribution in [3.05, 3.63) is 75.7 Å². The van der Waals surface area contributed by atoms with E-state index in [1.54, 1.807) is 23.5 Å². The van der Waals surface area contributed by atoms with Crippen molar-refractivity contribution < 1.29 is 9.30 Å². The molecule has 0 aliphatic heterocycles. The summed E-state index contributed by atoms with van der Waals surface area (Å²) < 4.78 is 12.2. The summed E-state index contributed by atoms with van der Waals surface area (Å²) >= 11 is 10.8. The van der Waals surface area contributed by atoms with Crippen molar-refractivity contribution in [2.24, 2.45) is 0 Å². The van der Waals surface area contributed by atoms with Crippen LogP contribution in [-0.2, 0) is 11.8 Å². The molecular formula is C23H22Br2N3OS2+. The molecule has 2 N–H and O–H groups in total. The molecule has 0 amide bonds. The number of ether oxygens (including phenoxy) is 1. The zero-order chi connectivity index (χ0) is 21.8. The van der Waals surface area contributed by atoms with Gasteiger partial charge in [-0.1, -0.05) is 47.8 Å². The van der Waals surface area contributed by atoms with Crippen molar-refractivity contribution in [3.8, 4) is 5.75 Å². The largest absolute Gasteiger partial charge is 0.494 e. The van der Waals surface area contributed by atoms with Gasteiger partial charge in [-0.3, -0.25) is 5.73 Å². The van der Waals surface area contributed by atoms with Crippen LogP contribution in [0.4, 0.5) is 5.95 Å². The van der Waals surface area contributed by atoms with Gasteiger partial charge < -0.3 is 4.74 Å². The van der Waals surface area contributed by atoms with Crippen LogP contribution in [0.15, 0.2) is 85.5 Å². The van der Waals surface area contributed by atoms with Gasteiger partial charge in [0.15, 0.2) is 0 Å². The highest BCUT2D eigenvalue weighted by Gasteiger charge is 2.22. The number of nitrogens with two attached hydrogens (primary N) is 1. The fraction of sp³-hybridized carbons (Fsp3) is 0.174. The Hall–Kier alpha value is -1.61. The number of anilines is 1. The third-order valence-corrected chi connectivity index (χ3v) is 8.78. The molecule has 0 bridgehead atoms. The first-order valence-electron chi connectivity index (χ1n) is 9.77. The average Bonchev–Trinajstić information content (AvgIpc) is 3.03. The minimum absolute atomic E-state index is 0.630. The topological polar surface area (TPSA) is 44.1 Å². The van der Waals surface area contributed by atoms with E-state index >= 15 is 0 Å². The Kier molecular flexibility index (Phi) is 7.53. The number of benzene rings is 3. The van der Waals surface area contributed by atoms with Gasteiger partial charge in [-0.25, -0.2) is 9.13 Å². The number of halogens is 2. The summed E-state index contributed by atoms with van der Waals surface area (Å²) in [5.41, 5.74) is 8.84. The summed E-state index contributed by atoms with van der Waals surface area (Å²) in [7, 11) is 0. The SMILES string of the molecule is CCOc1ccc2c(c1)n(CSc1ccccc1Br)c(N)[n+]2CSc1ccccc1Br. The molecule has 0 aliphatic carbocycles. The summed E-state index contributed by atoms with van der Waals surface area (Å²) in [6.45, 7) is 2.63. The Labute approximate surface area is 207 Å². The molecule has 0 saturated heterocycles. The predicted octanol–water partition coefficient (Wildman–Crippen LogP) is 6.93. The van der Waals surface area contributed by atoms with Gasteiger partial charge in [0.1, 0.15) is 28.5 Å². The van der Waals surface area contributed by atoms with Crippen molar-refractivity contribution in [1.82, 2.24) is 4.57 Å². The maximum absolute atomic E-state index is 6.68. The van der Waals surface area contributed by atoms with Crippen LogP contribution >= 0.6 is 55.4 Å². The Morgan fingerprint density at radius 3 is 2.23 bits per heavy atom. The monoisotopic (exact) mass is 578 g/mol. The molecule has 0 atom stereocenters. The van der Waals surface area contributed by atoms with Gasteiger partial charge in [0.05, 0.1) is 6.61 Å². The lowest BCUT2D eigenvalue weighted by Gasteiger charge is -2.05. The van der Waals surface area contributed by atoms with E-state index in [0.29, 0.717) is 18.4 Å². The highest BCUT2D eigenvalue weighted by molar-refractivity contribution is 9.10. The summed E-state index contributed by atoms with van der Waals surface area (Å²) in [6, 6.07) is 22.7. The summed E-state index contributed by atoms with van der Waals surface area (Å²) in [5, 5.41) is 0. The Morgan fingerprint density at radius 1 is 0.935 bits per heavy atom. The molecule has 1 heterocycles. The van der Waals surface area contributed by atoms with Crippen LogP contribution in [0.2, 0.25) is 0 Å². The van der Waals surface area contributed by atoms with E-state index in [1.807, 2.05) is 37.3 Å². The van der Waals surface area contributed by atoms with E-state index in [2.05, 4.69) is 77.4 Å². The first-order chi connectivity index (χ1) is 15.1.